The molecule has 1 aromatic carbocycles. The van der Waals surface area contributed by atoms with Gasteiger partial charge in [0.2, 0.25) is 0 Å². The van der Waals surface area contributed by atoms with Crippen molar-refractivity contribution in [3.05, 3.63) is 29.3 Å². The molecule has 4 heteroatoms. The van der Waals surface area contributed by atoms with Crippen molar-refractivity contribution in [2.45, 2.75) is 58.2 Å². The molecule has 0 aromatic heterocycles. The molecule has 2 unspecified atom stereocenters. The molecule has 1 N–H and O–H groups in total. The van der Waals surface area contributed by atoms with Crippen molar-refractivity contribution in [3.8, 4) is 5.75 Å². The highest BCUT2D eigenvalue weighted by atomic mass is 16.6. The van der Waals surface area contributed by atoms with Gasteiger partial charge in [-0.2, -0.15) is 0 Å². The molecule has 0 saturated heterocycles. The molecule has 4 nitrogen and oxygen atoms in total. The SMILES string of the molecule is CCCC(Oc1ccc2c(c1)C(O)CCC2)C(=O)OCC. The zero-order chi connectivity index (χ0) is 15.2. The van der Waals surface area contributed by atoms with E-state index in [0.29, 0.717) is 18.8 Å². The third-order valence-corrected chi connectivity index (χ3v) is 3.78. The number of ether oxygens (including phenoxy) is 2. The van der Waals surface area contributed by atoms with Crippen LogP contribution in [0.15, 0.2) is 18.2 Å². The molecule has 0 radical (unpaired) electrons. The molecule has 2 atom stereocenters. The van der Waals surface area contributed by atoms with Gasteiger partial charge < -0.3 is 14.6 Å². The van der Waals surface area contributed by atoms with Gasteiger partial charge in [0.15, 0.2) is 6.10 Å². The summed E-state index contributed by atoms with van der Waals surface area (Å²) >= 11 is 0. The minimum absolute atomic E-state index is 0.322. The number of hydrogen-bond donors (Lipinski definition) is 1. The van der Waals surface area contributed by atoms with Crippen LogP contribution in [0.1, 0.15) is 56.8 Å². The first kappa shape index (κ1) is 15.8. The summed E-state index contributed by atoms with van der Waals surface area (Å²) in [6.45, 7) is 4.15. The van der Waals surface area contributed by atoms with Crippen LogP contribution < -0.4 is 4.74 Å². The van der Waals surface area contributed by atoms with Crippen LogP contribution in [0, 0.1) is 0 Å². The summed E-state index contributed by atoms with van der Waals surface area (Å²) in [6, 6.07) is 5.72. The van der Waals surface area contributed by atoms with Crippen LogP contribution in [0.5, 0.6) is 5.75 Å². The van der Waals surface area contributed by atoms with E-state index in [1.54, 1.807) is 6.92 Å². The van der Waals surface area contributed by atoms with Crippen molar-refractivity contribution in [3.63, 3.8) is 0 Å². The Balaban J connectivity index is 2.13. The summed E-state index contributed by atoms with van der Waals surface area (Å²) in [5.74, 6) is 0.304. The van der Waals surface area contributed by atoms with Gasteiger partial charge in [-0.25, -0.2) is 4.79 Å². The first-order valence-corrected chi connectivity index (χ1v) is 7.79. The highest BCUT2D eigenvalue weighted by Crippen LogP contribution is 2.32. The van der Waals surface area contributed by atoms with Crippen LogP contribution in [0.2, 0.25) is 0 Å². The molecule has 0 aliphatic heterocycles. The standard InChI is InChI=1S/C17H24O4/c1-3-6-16(17(19)20-4-2)21-13-10-9-12-7-5-8-15(18)14(12)11-13/h9-11,15-16,18H,3-8H2,1-2H3. The monoisotopic (exact) mass is 292 g/mol. The zero-order valence-electron chi connectivity index (χ0n) is 12.8. The summed E-state index contributed by atoms with van der Waals surface area (Å²) in [6.07, 6.45) is 3.25. The Bertz CT molecular complexity index is 484. The Morgan fingerprint density at radius 2 is 2.24 bits per heavy atom. The lowest BCUT2D eigenvalue weighted by atomic mass is 9.89. The van der Waals surface area contributed by atoms with Crippen LogP contribution in [0.3, 0.4) is 0 Å². The molecule has 1 aliphatic carbocycles. The number of benzene rings is 1. The maximum absolute atomic E-state index is 11.9. The normalized spacial score (nSPS) is 18.7. The summed E-state index contributed by atoms with van der Waals surface area (Å²) in [5, 5.41) is 10.1. The number of fused-ring (bicyclic) bond motifs is 1. The molecule has 0 bridgehead atoms. The third-order valence-electron chi connectivity index (χ3n) is 3.78. The average Bonchev–Trinajstić information content (AvgIpc) is 2.48. The van der Waals surface area contributed by atoms with E-state index in [-0.39, 0.29) is 5.97 Å². The Morgan fingerprint density at radius 3 is 2.95 bits per heavy atom. The largest absolute Gasteiger partial charge is 0.479 e. The van der Waals surface area contributed by atoms with Gasteiger partial charge in [-0.15, -0.1) is 0 Å². The molecule has 0 heterocycles. The molecular formula is C17H24O4. The Kier molecular flexibility index (Phi) is 5.62. The second kappa shape index (κ2) is 7.46. The zero-order valence-corrected chi connectivity index (χ0v) is 12.8. The van der Waals surface area contributed by atoms with Crippen molar-refractivity contribution in [2.24, 2.45) is 0 Å². The van der Waals surface area contributed by atoms with E-state index in [1.165, 1.54) is 5.56 Å². The second-order valence-electron chi connectivity index (χ2n) is 5.42. The van der Waals surface area contributed by atoms with Crippen molar-refractivity contribution < 1.29 is 19.4 Å². The predicted octanol–water partition coefficient (Wildman–Crippen LogP) is 3.17. The Morgan fingerprint density at radius 1 is 1.43 bits per heavy atom. The number of aliphatic hydroxyl groups excluding tert-OH is 1. The van der Waals surface area contributed by atoms with Gasteiger partial charge in [0.1, 0.15) is 5.75 Å². The Labute approximate surface area is 126 Å². The number of esters is 1. The highest BCUT2D eigenvalue weighted by Gasteiger charge is 2.23. The van der Waals surface area contributed by atoms with E-state index in [4.69, 9.17) is 9.47 Å². The number of aryl methyl sites for hydroxylation is 1. The molecule has 0 fully saturated rings. The fourth-order valence-corrected chi connectivity index (χ4v) is 2.71. The van der Waals surface area contributed by atoms with Crippen LogP contribution in [-0.4, -0.2) is 23.8 Å². The minimum Gasteiger partial charge on any atom is -0.479 e. The quantitative estimate of drug-likeness (QED) is 0.818. The van der Waals surface area contributed by atoms with Crippen molar-refractivity contribution in [1.29, 1.82) is 0 Å². The minimum atomic E-state index is -0.575. The summed E-state index contributed by atoms with van der Waals surface area (Å²) < 4.78 is 10.8. The van der Waals surface area contributed by atoms with Gasteiger partial charge in [-0.05, 0) is 55.9 Å². The fourth-order valence-electron chi connectivity index (χ4n) is 2.71. The number of carbonyl (C=O) groups excluding carboxylic acids is 1. The Hall–Kier alpha value is -1.55. The molecule has 0 spiro atoms. The molecule has 21 heavy (non-hydrogen) atoms. The topological polar surface area (TPSA) is 55.8 Å². The summed E-state index contributed by atoms with van der Waals surface area (Å²) in [4.78, 5) is 11.9. The van der Waals surface area contributed by atoms with Crippen molar-refractivity contribution >= 4 is 5.97 Å². The van der Waals surface area contributed by atoms with Gasteiger partial charge in [0.05, 0.1) is 12.7 Å². The number of carbonyl (C=O) groups is 1. The van der Waals surface area contributed by atoms with E-state index < -0.39 is 12.2 Å². The van der Waals surface area contributed by atoms with E-state index in [0.717, 1.165) is 31.2 Å². The average molecular weight is 292 g/mol. The number of hydrogen-bond acceptors (Lipinski definition) is 4. The van der Waals surface area contributed by atoms with Crippen LogP contribution >= 0.6 is 0 Å². The van der Waals surface area contributed by atoms with Crippen molar-refractivity contribution in [1.82, 2.24) is 0 Å². The van der Waals surface area contributed by atoms with Gasteiger partial charge in [-0.3, -0.25) is 0 Å². The predicted molar refractivity (Wildman–Crippen MR) is 80.3 cm³/mol. The molecule has 1 aliphatic rings. The first-order chi connectivity index (χ1) is 10.2. The number of aliphatic hydroxyl groups is 1. The lowest BCUT2D eigenvalue weighted by Gasteiger charge is -2.23. The van der Waals surface area contributed by atoms with Crippen LogP contribution in [-0.2, 0) is 16.0 Å². The molecule has 116 valence electrons. The van der Waals surface area contributed by atoms with Crippen LogP contribution in [0.25, 0.3) is 0 Å². The molecular weight excluding hydrogens is 268 g/mol. The van der Waals surface area contributed by atoms with Crippen molar-refractivity contribution in [2.75, 3.05) is 6.61 Å². The lowest BCUT2D eigenvalue weighted by molar-refractivity contribution is -0.151. The number of rotatable bonds is 6. The fraction of sp³-hybridized carbons (Fsp3) is 0.588. The van der Waals surface area contributed by atoms with Gasteiger partial charge in [0, 0.05) is 0 Å². The summed E-state index contributed by atoms with van der Waals surface area (Å²) in [7, 11) is 0. The maximum atomic E-state index is 11.9. The van der Waals surface area contributed by atoms with E-state index in [2.05, 4.69) is 0 Å². The van der Waals surface area contributed by atoms with E-state index in [9.17, 15) is 9.90 Å². The second-order valence-corrected chi connectivity index (χ2v) is 5.42. The van der Waals surface area contributed by atoms with Gasteiger partial charge >= 0.3 is 5.97 Å². The van der Waals surface area contributed by atoms with E-state index in [1.807, 2.05) is 25.1 Å². The maximum Gasteiger partial charge on any atom is 0.347 e. The van der Waals surface area contributed by atoms with E-state index >= 15 is 0 Å². The highest BCUT2D eigenvalue weighted by molar-refractivity contribution is 5.75. The van der Waals surface area contributed by atoms with Crippen LogP contribution in [0.4, 0.5) is 0 Å². The lowest BCUT2D eigenvalue weighted by Crippen LogP contribution is -2.29. The third kappa shape index (κ3) is 3.97. The first-order valence-electron chi connectivity index (χ1n) is 7.79. The molecule has 2 rings (SSSR count). The molecule has 0 amide bonds. The van der Waals surface area contributed by atoms with Gasteiger partial charge in [0.25, 0.3) is 0 Å². The summed E-state index contributed by atoms with van der Waals surface area (Å²) in [5.41, 5.74) is 2.10. The van der Waals surface area contributed by atoms with Gasteiger partial charge in [-0.1, -0.05) is 19.4 Å². The molecule has 1 aromatic rings. The smallest absolute Gasteiger partial charge is 0.347 e. The molecule has 0 saturated carbocycles.